The van der Waals surface area contributed by atoms with Crippen LogP contribution in [0.25, 0.3) is 0 Å². The molecule has 1 atom stereocenters. The molecule has 20 heavy (non-hydrogen) atoms. The first-order valence-electron chi connectivity index (χ1n) is 6.23. The summed E-state index contributed by atoms with van der Waals surface area (Å²) < 4.78 is 27.6. The van der Waals surface area contributed by atoms with Crippen molar-refractivity contribution < 1.29 is 13.2 Å². The molecule has 0 aromatic rings. The highest BCUT2D eigenvalue weighted by Gasteiger charge is 2.42. The van der Waals surface area contributed by atoms with Crippen LogP contribution in [0.4, 0.5) is 0 Å². The van der Waals surface area contributed by atoms with E-state index in [1.165, 1.54) is 6.08 Å². The normalized spacial score (nSPS) is 27.4. The third-order valence-electron chi connectivity index (χ3n) is 3.56. The van der Waals surface area contributed by atoms with Gasteiger partial charge in [-0.3, -0.25) is 4.79 Å². The summed E-state index contributed by atoms with van der Waals surface area (Å²) in [5.74, 6) is -0.630. The van der Waals surface area contributed by atoms with Crippen molar-refractivity contribution in [2.45, 2.75) is 25.3 Å². The number of amides is 1. The first-order valence-corrected chi connectivity index (χ1v) is 8.51. The fourth-order valence-electron chi connectivity index (χ4n) is 2.09. The highest BCUT2D eigenvalue weighted by atomic mass is 79.9. The molecule has 0 aromatic carbocycles. The largest absolute Gasteiger partial charge is 0.283 e. The molecule has 5 nitrogen and oxygen atoms in total. The van der Waals surface area contributed by atoms with Crippen LogP contribution >= 0.6 is 15.9 Å². The molecule has 1 aliphatic heterocycles. The van der Waals surface area contributed by atoms with Crippen LogP contribution in [0.15, 0.2) is 38.7 Å². The molecule has 0 spiro atoms. The molecule has 1 fully saturated rings. The van der Waals surface area contributed by atoms with Gasteiger partial charge in [0.1, 0.15) is 0 Å². The molecule has 3 aliphatic rings. The summed E-state index contributed by atoms with van der Waals surface area (Å²) in [7, 11) is -3.52. The van der Waals surface area contributed by atoms with E-state index in [-0.39, 0.29) is 22.3 Å². The second-order valence-corrected chi connectivity index (χ2v) is 7.99. The van der Waals surface area contributed by atoms with Gasteiger partial charge < -0.3 is 0 Å². The van der Waals surface area contributed by atoms with E-state index in [4.69, 9.17) is 0 Å². The average Bonchev–Trinajstić information content (AvgIpc) is 3.06. The third-order valence-corrected chi connectivity index (χ3v) is 5.81. The lowest BCUT2D eigenvalue weighted by Gasteiger charge is -2.20. The van der Waals surface area contributed by atoms with E-state index < -0.39 is 10.0 Å². The summed E-state index contributed by atoms with van der Waals surface area (Å²) in [6.45, 7) is 1.89. The number of nitrogens with one attached hydrogen (secondary N) is 1. The minimum Gasteiger partial charge on any atom is -0.266 e. The zero-order valence-electron chi connectivity index (χ0n) is 10.8. The molecule has 2 aliphatic carbocycles. The number of dihydropyridines is 1. The lowest BCUT2D eigenvalue weighted by atomic mass is 9.96. The van der Waals surface area contributed by atoms with Crippen molar-refractivity contribution in [3.63, 3.8) is 0 Å². The molecule has 3 rings (SSSR count). The number of fused-ring (bicyclic) bond motifs is 1. The van der Waals surface area contributed by atoms with Gasteiger partial charge in [0.2, 0.25) is 10.0 Å². The standard InChI is InChI=1S/C13H13BrN2O3S/c1-13(4-5-13)16-20(18,19)9-2-3-11-8(6-9)7-10(14)12(17)15-11/h2-3,6-8,16H,4-5H2,1H3. The van der Waals surface area contributed by atoms with E-state index in [1.54, 1.807) is 18.2 Å². The Morgan fingerprint density at radius 3 is 2.70 bits per heavy atom. The third kappa shape index (κ3) is 2.57. The van der Waals surface area contributed by atoms with Crippen LogP contribution in [0.1, 0.15) is 19.8 Å². The zero-order valence-corrected chi connectivity index (χ0v) is 13.2. The molecular weight excluding hydrogens is 344 g/mol. The highest BCUT2D eigenvalue weighted by molar-refractivity contribution is 9.12. The van der Waals surface area contributed by atoms with Crippen LogP contribution in [0.5, 0.6) is 0 Å². The summed E-state index contributed by atoms with van der Waals surface area (Å²) in [6, 6.07) is 0. The lowest BCUT2D eigenvalue weighted by molar-refractivity contribution is -0.113. The van der Waals surface area contributed by atoms with Gasteiger partial charge in [0.05, 0.1) is 15.1 Å². The molecule has 1 unspecified atom stereocenters. The first-order chi connectivity index (χ1) is 9.29. The number of halogens is 1. The van der Waals surface area contributed by atoms with E-state index in [0.29, 0.717) is 10.2 Å². The summed E-state index contributed by atoms with van der Waals surface area (Å²) in [5, 5.41) is 0. The van der Waals surface area contributed by atoms with Gasteiger partial charge in [0.25, 0.3) is 5.91 Å². The smallest absolute Gasteiger partial charge is 0.266 e. The van der Waals surface area contributed by atoms with Crippen molar-refractivity contribution in [3.05, 3.63) is 33.7 Å². The number of hydrogen-bond acceptors (Lipinski definition) is 3. The van der Waals surface area contributed by atoms with E-state index >= 15 is 0 Å². The Balaban J connectivity index is 1.90. The van der Waals surface area contributed by atoms with E-state index in [0.717, 1.165) is 12.8 Å². The molecular formula is C13H13BrN2O3S. The number of nitrogens with zero attached hydrogens (tertiary/aromatic N) is 1. The van der Waals surface area contributed by atoms with Gasteiger partial charge in [-0.25, -0.2) is 18.1 Å². The van der Waals surface area contributed by atoms with Crippen LogP contribution in [-0.4, -0.2) is 25.6 Å². The number of sulfonamides is 1. The Morgan fingerprint density at radius 2 is 2.05 bits per heavy atom. The van der Waals surface area contributed by atoms with Crippen molar-refractivity contribution in [2.24, 2.45) is 10.9 Å². The molecule has 7 heteroatoms. The van der Waals surface area contributed by atoms with Crippen molar-refractivity contribution in [1.29, 1.82) is 0 Å². The van der Waals surface area contributed by atoms with Crippen LogP contribution in [0, 0.1) is 5.92 Å². The summed E-state index contributed by atoms with van der Waals surface area (Å²) in [4.78, 5) is 15.6. The number of aliphatic imine (C=N–C) groups is 1. The topological polar surface area (TPSA) is 75.6 Å². The Labute approximate surface area is 125 Å². The first kappa shape index (κ1) is 13.9. The van der Waals surface area contributed by atoms with Gasteiger partial charge >= 0.3 is 0 Å². The fourth-order valence-corrected chi connectivity index (χ4v) is 4.01. The molecule has 1 saturated carbocycles. The van der Waals surface area contributed by atoms with E-state index in [9.17, 15) is 13.2 Å². The van der Waals surface area contributed by atoms with Gasteiger partial charge in [-0.05, 0) is 47.8 Å². The van der Waals surface area contributed by atoms with Gasteiger partial charge in [-0.1, -0.05) is 12.2 Å². The minimum atomic E-state index is -3.52. The SMILES string of the molecule is CC1(NS(=O)(=O)C2=CC3C=C(Br)C(=O)N=C3C=C2)CC1. The van der Waals surface area contributed by atoms with Crippen LogP contribution in [0.2, 0.25) is 0 Å². The monoisotopic (exact) mass is 356 g/mol. The molecule has 0 bridgehead atoms. The predicted molar refractivity (Wildman–Crippen MR) is 79.9 cm³/mol. The van der Waals surface area contributed by atoms with Crippen LogP contribution < -0.4 is 4.72 Å². The molecule has 0 saturated heterocycles. The minimum absolute atomic E-state index is 0.223. The number of hydrogen-bond donors (Lipinski definition) is 1. The number of carbonyl (C=O) groups excluding carboxylic acids is 1. The Bertz CT molecular complexity index is 712. The molecule has 1 heterocycles. The second kappa shape index (κ2) is 4.47. The summed E-state index contributed by atoms with van der Waals surface area (Å²) in [5.41, 5.74) is 0.260. The van der Waals surface area contributed by atoms with Crippen molar-refractivity contribution in [1.82, 2.24) is 4.72 Å². The quantitative estimate of drug-likeness (QED) is 0.837. The van der Waals surface area contributed by atoms with Gasteiger partial charge in [0, 0.05) is 11.5 Å². The summed E-state index contributed by atoms with van der Waals surface area (Å²) in [6.07, 6.45) is 8.08. The predicted octanol–water partition coefficient (Wildman–Crippen LogP) is 1.79. The maximum atomic E-state index is 12.3. The van der Waals surface area contributed by atoms with Gasteiger partial charge in [-0.2, -0.15) is 0 Å². The maximum Gasteiger partial charge on any atom is 0.283 e. The van der Waals surface area contributed by atoms with Crippen LogP contribution in [0.3, 0.4) is 0 Å². The van der Waals surface area contributed by atoms with Crippen molar-refractivity contribution in [3.8, 4) is 0 Å². The highest BCUT2D eigenvalue weighted by Crippen LogP contribution is 2.36. The maximum absolute atomic E-state index is 12.3. The number of carbonyl (C=O) groups is 1. The van der Waals surface area contributed by atoms with Gasteiger partial charge in [0.15, 0.2) is 0 Å². The molecule has 0 aromatic heterocycles. The van der Waals surface area contributed by atoms with E-state index in [2.05, 4.69) is 25.6 Å². The zero-order chi connectivity index (χ0) is 14.5. The number of rotatable bonds is 3. The van der Waals surface area contributed by atoms with Crippen molar-refractivity contribution >= 4 is 37.6 Å². The molecule has 1 N–H and O–H groups in total. The second-order valence-electron chi connectivity index (χ2n) is 5.45. The molecule has 0 radical (unpaired) electrons. The number of allylic oxidation sites excluding steroid dienone is 4. The lowest BCUT2D eigenvalue weighted by Crippen LogP contribution is -2.35. The van der Waals surface area contributed by atoms with Crippen molar-refractivity contribution in [2.75, 3.05) is 0 Å². The fraction of sp³-hybridized carbons (Fsp3) is 0.385. The average molecular weight is 357 g/mol. The Hall–Kier alpha value is -1.05. The molecule has 106 valence electrons. The Morgan fingerprint density at radius 1 is 1.35 bits per heavy atom. The van der Waals surface area contributed by atoms with E-state index in [1.807, 2.05) is 6.92 Å². The van der Waals surface area contributed by atoms with Crippen LogP contribution in [-0.2, 0) is 14.8 Å². The Kier molecular flexibility index (Phi) is 3.11. The molecule has 1 amide bonds. The van der Waals surface area contributed by atoms with Gasteiger partial charge in [-0.15, -0.1) is 0 Å². The summed E-state index contributed by atoms with van der Waals surface area (Å²) >= 11 is 3.13.